The molecule has 1 saturated carbocycles. The van der Waals surface area contributed by atoms with Crippen LogP contribution in [0.3, 0.4) is 0 Å². The van der Waals surface area contributed by atoms with Crippen LogP contribution in [0.15, 0.2) is 12.1 Å². The fourth-order valence-corrected chi connectivity index (χ4v) is 2.48. The molecule has 0 radical (unpaired) electrons. The molecule has 0 spiro atoms. The van der Waals surface area contributed by atoms with Crippen molar-refractivity contribution in [2.75, 3.05) is 0 Å². The van der Waals surface area contributed by atoms with Crippen molar-refractivity contribution in [2.45, 2.75) is 52.6 Å². The summed E-state index contributed by atoms with van der Waals surface area (Å²) in [7, 11) is 0. The van der Waals surface area contributed by atoms with Gasteiger partial charge in [0.15, 0.2) is 0 Å². The molecule has 1 aliphatic carbocycles. The van der Waals surface area contributed by atoms with Crippen molar-refractivity contribution in [1.82, 2.24) is 4.98 Å². The molecule has 4 heteroatoms. The largest absolute Gasteiger partial charge is 0.478 e. The van der Waals surface area contributed by atoms with Gasteiger partial charge in [0.25, 0.3) is 0 Å². The van der Waals surface area contributed by atoms with Gasteiger partial charge in [-0.3, -0.25) is 0 Å². The number of rotatable bonds is 3. The van der Waals surface area contributed by atoms with Crippen molar-refractivity contribution in [2.24, 2.45) is 5.41 Å². The molecular weight excluding hydrogens is 242 g/mol. The molecule has 0 bridgehead atoms. The first-order chi connectivity index (χ1) is 8.85. The summed E-state index contributed by atoms with van der Waals surface area (Å²) in [6.07, 6.45) is 4.43. The van der Waals surface area contributed by atoms with Crippen molar-refractivity contribution in [3.63, 3.8) is 0 Å². The lowest BCUT2D eigenvalue weighted by Crippen LogP contribution is -2.28. The Morgan fingerprint density at radius 2 is 2.00 bits per heavy atom. The van der Waals surface area contributed by atoms with Gasteiger partial charge in [0, 0.05) is 11.8 Å². The number of hydrogen-bond donors (Lipinski definition) is 1. The summed E-state index contributed by atoms with van der Waals surface area (Å²) in [5, 5.41) is 9.02. The Kier molecular flexibility index (Phi) is 3.78. The number of carboxylic acid groups (broad SMARTS) is 1. The van der Waals surface area contributed by atoms with E-state index in [1.165, 1.54) is 6.07 Å². The second kappa shape index (κ2) is 5.19. The first-order valence-electron chi connectivity index (χ1n) is 6.74. The normalized spacial score (nSPS) is 19.1. The van der Waals surface area contributed by atoms with Crippen LogP contribution in [-0.2, 0) is 0 Å². The van der Waals surface area contributed by atoms with Crippen LogP contribution < -0.4 is 4.74 Å². The number of carbonyl (C=O) groups is 1. The minimum absolute atomic E-state index is 0.156. The van der Waals surface area contributed by atoms with Crippen LogP contribution in [0, 0.1) is 12.3 Å². The highest BCUT2D eigenvalue weighted by Gasteiger charge is 2.28. The second-order valence-corrected chi connectivity index (χ2v) is 6.12. The van der Waals surface area contributed by atoms with Gasteiger partial charge in [0.2, 0.25) is 5.88 Å². The molecule has 1 fully saturated rings. The van der Waals surface area contributed by atoms with Gasteiger partial charge in [-0.2, -0.15) is 0 Å². The zero-order valence-corrected chi connectivity index (χ0v) is 11.8. The minimum Gasteiger partial charge on any atom is -0.478 e. The van der Waals surface area contributed by atoms with Crippen LogP contribution in [0.4, 0.5) is 0 Å². The fourth-order valence-electron chi connectivity index (χ4n) is 2.48. The van der Waals surface area contributed by atoms with Crippen LogP contribution in [0.5, 0.6) is 5.88 Å². The molecule has 0 saturated heterocycles. The number of carboxylic acids is 1. The number of nitrogens with zero attached hydrogens (tertiary/aromatic N) is 1. The Morgan fingerprint density at radius 1 is 1.37 bits per heavy atom. The summed E-state index contributed by atoms with van der Waals surface area (Å²) in [6, 6.07) is 3.06. The highest BCUT2D eigenvalue weighted by molar-refractivity contribution is 5.87. The van der Waals surface area contributed by atoms with E-state index in [0.717, 1.165) is 25.7 Å². The molecule has 2 rings (SSSR count). The van der Waals surface area contributed by atoms with Crippen LogP contribution in [0.2, 0.25) is 0 Å². The van der Waals surface area contributed by atoms with E-state index >= 15 is 0 Å². The van der Waals surface area contributed by atoms with Gasteiger partial charge >= 0.3 is 5.97 Å². The average molecular weight is 263 g/mol. The Labute approximate surface area is 113 Å². The van der Waals surface area contributed by atoms with E-state index in [1.54, 1.807) is 13.0 Å². The Bertz CT molecular complexity index is 472. The molecule has 1 heterocycles. The SMILES string of the molecule is Cc1cc(C(=O)O)cc(OC2CCC(C)(C)CC2)n1. The van der Waals surface area contributed by atoms with E-state index in [-0.39, 0.29) is 11.7 Å². The van der Waals surface area contributed by atoms with Gasteiger partial charge < -0.3 is 9.84 Å². The number of aromatic carboxylic acids is 1. The topological polar surface area (TPSA) is 59.4 Å². The van der Waals surface area contributed by atoms with Crippen LogP contribution in [-0.4, -0.2) is 22.2 Å². The van der Waals surface area contributed by atoms with Gasteiger partial charge in [-0.25, -0.2) is 9.78 Å². The molecule has 1 N–H and O–H groups in total. The Morgan fingerprint density at radius 3 is 2.58 bits per heavy atom. The summed E-state index contributed by atoms with van der Waals surface area (Å²) in [4.78, 5) is 15.3. The summed E-state index contributed by atoms with van der Waals surface area (Å²) in [6.45, 7) is 6.33. The predicted octanol–water partition coefficient (Wildman–Crippen LogP) is 3.44. The third kappa shape index (κ3) is 3.69. The van der Waals surface area contributed by atoms with Crippen LogP contribution in [0.25, 0.3) is 0 Å². The molecule has 104 valence electrons. The third-order valence-electron chi connectivity index (χ3n) is 3.75. The number of hydrogen-bond acceptors (Lipinski definition) is 3. The first-order valence-corrected chi connectivity index (χ1v) is 6.74. The van der Waals surface area contributed by atoms with Gasteiger partial charge in [-0.05, 0) is 44.1 Å². The van der Waals surface area contributed by atoms with E-state index in [4.69, 9.17) is 9.84 Å². The number of aryl methyl sites for hydroxylation is 1. The molecule has 1 aliphatic rings. The van der Waals surface area contributed by atoms with Gasteiger partial charge in [-0.15, -0.1) is 0 Å². The quantitative estimate of drug-likeness (QED) is 0.907. The molecule has 0 atom stereocenters. The average Bonchev–Trinajstić information content (AvgIpc) is 2.31. The molecule has 19 heavy (non-hydrogen) atoms. The number of aromatic nitrogens is 1. The summed E-state index contributed by atoms with van der Waals surface area (Å²) < 4.78 is 5.85. The molecule has 1 aromatic rings. The van der Waals surface area contributed by atoms with Crippen molar-refractivity contribution < 1.29 is 14.6 Å². The zero-order chi connectivity index (χ0) is 14.0. The Balaban J connectivity index is 2.05. The lowest BCUT2D eigenvalue weighted by molar-refractivity contribution is 0.0693. The maximum Gasteiger partial charge on any atom is 0.335 e. The van der Waals surface area contributed by atoms with Crippen molar-refractivity contribution >= 4 is 5.97 Å². The summed E-state index contributed by atoms with van der Waals surface area (Å²) in [5.74, 6) is -0.512. The van der Waals surface area contributed by atoms with Crippen LogP contribution in [0.1, 0.15) is 55.6 Å². The maximum absolute atomic E-state index is 11.0. The minimum atomic E-state index is -0.944. The standard InChI is InChI=1S/C15H21NO3/c1-10-8-11(14(17)18)9-13(16-10)19-12-4-6-15(2,3)7-5-12/h8-9,12H,4-7H2,1-3H3,(H,17,18). The van der Waals surface area contributed by atoms with Crippen molar-refractivity contribution in [3.05, 3.63) is 23.4 Å². The lowest BCUT2D eigenvalue weighted by Gasteiger charge is -2.34. The second-order valence-electron chi connectivity index (χ2n) is 6.12. The van der Waals surface area contributed by atoms with E-state index in [9.17, 15) is 4.79 Å². The van der Waals surface area contributed by atoms with Gasteiger partial charge in [-0.1, -0.05) is 13.8 Å². The van der Waals surface area contributed by atoms with E-state index in [1.807, 2.05) is 0 Å². The molecule has 0 aromatic carbocycles. The molecule has 1 aromatic heterocycles. The van der Waals surface area contributed by atoms with Gasteiger partial charge in [0.1, 0.15) is 6.10 Å². The first kappa shape index (κ1) is 13.8. The third-order valence-corrected chi connectivity index (χ3v) is 3.75. The molecular formula is C15H21NO3. The molecule has 0 aliphatic heterocycles. The lowest BCUT2D eigenvalue weighted by atomic mass is 9.76. The highest BCUT2D eigenvalue weighted by atomic mass is 16.5. The molecule has 0 unspecified atom stereocenters. The Hall–Kier alpha value is -1.58. The number of ether oxygens (including phenoxy) is 1. The van der Waals surface area contributed by atoms with E-state index < -0.39 is 5.97 Å². The number of pyridine rings is 1. The zero-order valence-electron chi connectivity index (χ0n) is 11.8. The van der Waals surface area contributed by atoms with E-state index in [2.05, 4.69) is 18.8 Å². The fraction of sp³-hybridized carbons (Fsp3) is 0.600. The van der Waals surface area contributed by atoms with E-state index in [0.29, 0.717) is 17.0 Å². The molecule has 4 nitrogen and oxygen atoms in total. The van der Waals surface area contributed by atoms with Crippen molar-refractivity contribution in [3.8, 4) is 5.88 Å². The van der Waals surface area contributed by atoms with Crippen LogP contribution >= 0.6 is 0 Å². The monoisotopic (exact) mass is 263 g/mol. The predicted molar refractivity (Wildman–Crippen MR) is 72.6 cm³/mol. The summed E-state index contributed by atoms with van der Waals surface area (Å²) in [5.41, 5.74) is 1.30. The highest BCUT2D eigenvalue weighted by Crippen LogP contribution is 2.36. The van der Waals surface area contributed by atoms with Crippen molar-refractivity contribution in [1.29, 1.82) is 0 Å². The van der Waals surface area contributed by atoms with Gasteiger partial charge in [0.05, 0.1) is 5.56 Å². The maximum atomic E-state index is 11.0. The smallest absolute Gasteiger partial charge is 0.335 e. The summed E-state index contributed by atoms with van der Waals surface area (Å²) >= 11 is 0. The molecule has 0 amide bonds.